The van der Waals surface area contributed by atoms with Gasteiger partial charge < -0.3 is 5.11 Å². The molecule has 0 amide bonds. The van der Waals surface area contributed by atoms with Crippen LogP contribution in [0, 0.1) is 0 Å². The third-order valence-electron chi connectivity index (χ3n) is 9.88. The minimum atomic E-state index is -1.41. The zero-order chi connectivity index (χ0) is 34.6. The van der Waals surface area contributed by atoms with E-state index in [2.05, 4.69) is 194 Å². The molecule has 0 radical (unpaired) electrons. The van der Waals surface area contributed by atoms with E-state index in [1.165, 1.54) is 0 Å². The van der Waals surface area contributed by atoms with Crippen LogP contribution in [0.3, 0.4) is 0 Å². The summed E-state index contributed by atoms with van der Waals surface area (Å²) >= 11 is 0. The van der Waals surface area contributed by atoms with Crippen molar-refractivity contribution in [2.45, 2.75) is 12.5 Å². The van der Waals surface area contributed by atoms with Crippen LogP contribution in [-0.2, 0) is 5.60 Å². The zero-order valence-corrected chi connectivity index (χ0v) is 28.6. The maximum absolute atomic E-state index is 13.4. The van der Waals surface area contributed by atoms with E-state index < -0.39 is 5.60 Å². The largest absolute Gasteiger partial charge is 0.381 e. The molecule has 244 valence electrons. The highest BCUT2D eigenvalue weighted by molar-refractivity contribution is 5.99. The van der Waals surface area contributed by atoms with Gasteiger partial charge in [-0.3, -0.25) is 0 Å². The maximum atomic E-state index is 13.4. The van der Waals surface area contributed by atoms with E-state index in [0.717, 1.165) is 77.9 Å². The van der Waals surface area contributed by atoms with E-state index in [9.17, 15) is 5.11 Å². The summed E-state index contributed by atoms with van der Waals surface area (Å²) in [6.45, 7) is 1.96. The summed E-state index contributed by atoms with van der Waals surface area (Å²) in [6, 6.07) is 71.9. The first-order valence-electron chi connectivity index (χ1n) is 17.5. The summed E-state index contributed by atoms with van der Waals surface area (Å²) in [5.74, 6) is 0. The molecule has 8 aromatic rings. The van der Waals surface area contributed by atoms with Crippen LogP contribution in [0.25, 0.3) is 66.8 Å². The number of hydrogen-bond acceptors (Lipinski definition) is 1. The Bertz CT molecular complexity index is 2210. The average molecular weight is 655 g/mol. The summed E-state index contributed by atoms with van der Waals surface area (Å²) in [5, 5.41) is 13.4. The first-order chi connectivity index (χ1) is 25.1. The Morgan fingerprint density at radius 1 is 0.275 bits per heavy atom. The Kier molecular flexibility index (Phi) is 8.72. The number of benzene rings is 8. The van der Waals surface area contributed by atoms with Gasteiger partial charge >= 0.3 is 0 Å². The van der Waals surface area contributed by atoms with Crippen molar-refractivity contribution < 1.29 is 5.11 Å². The molecule has 0 saturated carbocycles. The smallest absolute Gasteiger partial charge is 0.113 e. The number of rotatable bonds is 8. The van der Waals surface area contributed by atoms with E-state index in [4.69, 9.17) is 0 Å². The molecule has 0 aliphatic carbocycles. The predicted molar refractivity (Wildman–Crippen MR) is 214 cm³/mol. The van der Waals surface area contributed by atoms with Crippen molar-refractivity contribution in [1.82, 2.24) is 0 Å². The normalized spacial score (nSPS) is 11.3. The van der Waals surface area contributed by atoms with Gasteiger partial charge in [0.2, 0.25) is 0 Å². The van der Waals surface area contributed by atoms with Gasteiger partial charge in [0.15, 0.2) is 0 Å². The van der Waals surface area contributed by atoms with Gasteiger partial charge in [-0.05, 0) is 84.8 Å². The summed E-state index contributed by atoms with van der Waals surface area (Å²) in [4.78, 5) is 0. The van der Waals surface area contributed by atoms with Crippen molar-refractivity contribution in [2.75, 3.05) is 0 Å². The molecule has 8 aromatic carbocycles. The lowest BCUT2D eigenvalue weighted by Crippen LogP contribution is -2.25. The monoisotopic (exact) mass is 654 g/mol. The van der Waals surface area contributed by atoms with Crippen molar-refractivity contribution in [1.29, 1.82) is 0 Å². The maximum Gasteiger partial charge on any atom is 0.113 e. The van der Waals surface area contributed by atoms with Gasteiger partial charge in [0, 0.05) is 0 Å². The molecule has 0 unspecified atom stereocenters. The third-order valence-corrected chi connectivity index (χ3v) is 9.88. The molecular formula is C50H38O. The fourth-order valence-corrected chi connectivity index (χ4v) is 7.50. The summed E-state index contributed by atoms with van der Waals surface area (Å²) in [6.07, 6.45) is 0. The summed E-state index contributed by atoms with van der Waals surface area (Å²) < 4.78 is 0. The first-order valence-corrected chi connectivity index (χ1v) is 17.5. The molecule has 0 aromatic heterocycles. The van der Waals surface area contributed by atoms with Crippen molar-refractivity contribution in [3.05, 3.63) is 217 Å². The quantitative estimate of drug-likeness (QED) is 0.173. The second-order valence-electron chi connectivity index (χ2n) is 13.1. The Balaban J connectivity index is 1.49. The van der Waals surface area contributed by atoms with Crippen LogP contribution in [0.5, 0.6) is 0 Å². The fraction of sp³-hybridized carbons (Fsp3) is 0.0400. The second-order valence-corrected chi connectivity index (χ2v) is 13.1. The molecular weight excluding hydrogens is 617 g/mol. The zero-order valence-electron chi connectivity index (χ0n) is 28.6. The lowest BCUT2D eigenvalue weighted by molar-refractivity contribution is 0.104. The van der Waals surface area contributed by atoms with E-state index in [1.54, 1.807) is 0 Å². The molecule has 0 bridgehead atoms. The van der Waals surface area contributed by atoms with Crippen molar-refractivity contribution in [2.24, 2.45) is 0 Å². The number of aliphatic hydroxyl groups is 1. The highest BCUT2D eigenvalue weighted by Crippen LogP contribution is 2.51. The number of hydrogen-bond donors (Lipinski definition) is 1. The molecule has 0 saturated heterocycles. The molecule has 8 rings (SSSR count). The van der Waals surface area contributed by atoms with Crippen molar-refractivity contribution in [3.63, 3.8) is 0 Å². The van der Waals surface area contributed by atoms with Gasteiger partial charge in [0.05, 0.1) is 0 Å². The summed E-state index contributed by atoms with van der Waals surface area (Å²) in [7, 11) is 0. The molecule has 0 aliphatic heterocycles. The van der Waals surface area contributed by atoms with Crippen LogP contribution in [0.15, 0.2) is 206 Å². The van der Waals surface area contributed by atoms with E-state index in [0.29, 0.717) is 0 Å². The van der Waals surface area contributed by atoms with Gasteiger partial charge in [-0.15, -0.1) is 0 Å². The molecule has 1 heteroatoms. The molecule has 0 heterocycles. The second kappa shape index (κ2) is 13.9. The minimum absolute atomic E-state index is 0.843. The Labute approximate surface area is 300 Å². The van der Waals surface area contributed by atoms with E-state index >= 15 is 0 Å². The van der Waals surface area contributed by atoms with Gasteiger partial charge in [-0.1, -0.05) is 206 Å². The lowest BCUT2D eigenvalue weighted by atomic mass is 9.74. The topological polar surface area (TPSA) is 20.2 Å². The van der Waals surface area contributed by atoms with E-state index in [1.807, 2.05) is 19.1 Å². The predicted octanol–water partition coefficient (Wildman–Crippen LogP) is 12.9. The Morgan fingerprint density at radius 3 is 0.784 bits per heavy atom. The Hall–Kier alpha value is -6.28. The van der Waals surface area contributed by atoms with Crippen LogP contribution in [0.1, 0.15) is 18.1 Å². The molecule has 0 atom stereocenters. The van der Waals surface area contributed by atoms with Gasteiger partial charge in [0.1, 0.15) is 5.60 Å². The molecule has 51 heavy (non-hydrogen) atoms. The molecule has 1 nitrogen and oxygen atoms in total. The Morgan fingerprint density at radius 2 is 0.510 bits per heavy atom. The van der Waals surface area contributed by atoms with Crippen molar-refractivity contribution >= 4 is 0 Å². The molecule has 0 fully saturated rings. The van der Waals surface area contributed by atoms with Crippen LogP contribution in [0.4, 0.5) is 0 Å². The molecule has 1 N–H and O–H groups in total. The average Bonchev–Trinajstić information content (AvgIpc) is 3.21. The standard InChI is InChI=1S/C50H38O/c1-50(51,44-34-32-42(36-20-8-2-9-21-36)46(38-24-12-4-13-25-38)48(44)40-28-16-6-17-29-40)45-35-33-43(37-22-10-3-11-23-37)47(39-26-14-5-15-27-39)49(45)41-30-18-7-19-31-41/h2-35,51H,1H3. The third kappa shape index (κ3) is 6.10. The van der Waals surface area contributed by atoms with Gasteiger partial charge in [0.25, 0.3) is 0 Å². The van der Waals surface area contributed by atoms with Crippen LogP contribution in [0.2, 0.25) is 0 Å². The highest BCUT2D eigenvalue weighted by Gasteiger charge is 2.35. The molecule has 0 aliphatic rings. The lowest BCUT2D eigenvalue weighted by Gasteiger charge is -2.33. The first kappa shape index (κ1) is 32.0. The SMILES string of the molecule is CC(O)(c1ccc(-c2ccccc2)c(-c2ccccc2)c1-c1ccccc1)c1ccc(-c2ccccc2)c(-c2ccccc2)c1-c1ccccc1. The summed E-state index contributed by atoms with van der Waals surface area (Å²) in [5.41, 5.74) is 13.3. The van der Waals surface area contributed by atoms with Crippen LogP contribution in [-0.4, -0.2) is 5.11 Å². The van der Waals surface area contributed by atoms with Gasteiger partial charge in [-0.2, -0.15) is 0 Å². The highest BCUT2D eigenvalue weighted by atomic mass is 16.3. The van der Waals surface area contributed by atoms with Gasteiger partial charge in [-0.25, -0.2) is 0 Å². The fourth-order valence-electron chi connectivity index (χ4n) is 7.50. The minimum Gasteiger partial charge on any atom is -0.381 e. The van der Waals surface area contributed by atoms with Crippen molar-refractivity contribution in [3.8, 4) is 66.8 Å². The van der Waals surface area contributed by atoms with Crippen LogP contribution < -0.4 is 0 Å². The van der Waals surface area contributed by atoms with Crippen LogP contribution >= 0.6 is 0 Å². The van der Waals surface area contributed by atoms with E-state index in [-0.39, 0.29) is 0 Å². The molecule has 0 spiro atoms.